The first-order valence-corrected chi connectivity index (χ1v) is 4.20. The van der Waals surface area contributed by atoms with E-state index in [-0.39, 0.29) is 0 Å². The molecule has 0 amide bonds. The molecule has 2 fully saturated rings. The van der Waals surface area contributed by atoms with Crippen molar-refractivity contribution in [2.45, 2.75) is 37.6 Å². The quantitative estimate of drug-likeness (QED) is 0.506. The van der Waals surface area contributed by atoms with Gasteiger partial charge in [0.2, 0.25) is 0 Å². The Morgan fingerprint density at radius 2 is 1.78 bits per heavy atom. The van der Waals surface area contributed by atoms with Gasteiger partial charge in [0.05, 0.1) is 0 Å². The first-order valence-electron chi connectivity index (χ1n) is 3.80. The second kappa shape index (κ2) is 1.89. The molecule has 2 heteroatoms. The summed E-state index contributed by atoms with van der Waals surface area (Å²) in [6.07, 6.45) is 6.99. The Bertz CT molecular complexity index is 120. The van der Waals surface area contributed by atoms with E-state index in [1.807, 2.05) is 0 Å². The van der Waals surface area contributed by atoms with Crippen LogP contribution in [0.3, 0.4) is 0 Å². The van der Waals surface area contributed by atoms with E-state index in [2.05, 4.69) is 17.1 Å². The molecule has 52 valence electrons. The molecule has 1 saturated carbocycles. The van der Waals surface area contributed by atoms with Crippen LogP contribution >= 0.6 is 12.8 Å². The topological polar surface area (TPSA) is 3.24 Å². The highest BCUT2D eigenvalue weighted by molar-refractivity contribution is 7.77. The van der Waals surface area contributed by atoms with E-state index < -0.39 is 0 Å². The van der Waals surface area contributed by atoms with Crippen LogP contribution in [0.4, 0.5) is 0 Å². The van der Waals surface area contributed by atoms with Gasteiger partial charge in [0.1, 0.15) is 0 Å². The fourth-order valence-corrected chi connectivity index (χ4v) is 2.46. The molecule has 2 rings (SSSR count). The third-order valence-electron chi connectivity index (χ3n) is 2.84. The van der Waals surface area contributed by atoms with Crippen molar-refractivity contribution in [3.05, 3.63) is 0 Å². The minimum atomic E-state index is 0.573. The summed E-state index contributed by atoms with van der Waals surface area (Å²) >= 11 is 4.44. The zero-order chi connectivity index (χ0) is 6.32. The molecule has 0 aromatic carbocycles. The summed E-state index contributed by atoms with van der Waals surface area (Å²) in [6.45, 7) is 1.21. The van der Waals surface area contributed by atoms with Gasteiger partial charge >= 0.3 is 0 Å². The minimum Gasteiger partial charge on any atom is -0.247 e. The lowest BCUT2D eigenvalue weighted by Crippen LogP contribution is -2.44. The van der Waals surface area contributed by atoms with Gasteiger partial charge in [-0.1, -0.05) is 12.8 Å². The van der Waals surface area contributed by atoms with E-state index in [9.17, 15) is 0 Å². The SMILES string of the molecule is SN1CCCC12CCC2. The summed E-state index contributed by atoms with van der Waals surface area (Å²) in [4.78, 5) is 0. The van der Waals surface area contributed by atoms with E-state index in [1.165, 1.54) is 38.6 Å². The third kappa shape index (κ3) is 0.729. The molecule has 1 spiro atoms. The number of thiol groups is 1. The van der Waals surface area contributed by atoms with Gasteiger partial charge in [-0.05, 0) is 32.1 Å². The van der Waals surface area contributed by atoms with Crippen LogP contribution in [0.25, 0.3) is 0 Å². The van der Waals surface area contributed by atoms with Crippen LogP contribution in [0.2, 0.25) is 0 Å². The van der Waals surface area contributed by atoms with Crippen molar-refractivity contribution in [1.82, 2.24) is 4.31 Å². The van der Waals surface area contributed by atoms with E-state index >= 15 is 0 Å². The van der Waals surface area contributed by atoms with Gasteiger partial charge in [-0.2, -0.15) is 0 Å². The van der Waals surface area contributed by atoms with Crippen molar-refractivity contribution in [2.24, 2.45) is 0 Å². The van der Waals surface area contributed by atoms with Crippen molar-refractivity contribution in [3.63, 3.8) is 0 Å². The van der Waals surface area contributed by atoms with Crippen LogP contribution in [-0.4, -0.2) is 16.4 Å². The summed E-state index contributed by atoms with van der Waals surface area (Å²) in [5.74, 6) is 0. The molecule has 1 heterocycles. The lowest BCUT2D eigenvalue weighted by Gasteiger charge is -2.43. The Morgan fingerprint density at radius 1 is 1.11 bits per heavy atom. The van der Waals surface area contributed by atoms with Crippen LogP contribution in [-0.2, 0) is 0 Å². The zero-order valence-corrected chi connectivity index (χ0v) is 6.53. The molecular formula is C7H13NS. The molecule has 1 nitrogen and oxygen atoms in total. The summed E-state index contributed by atoms with van der Waals surface area (Å²) in [7, 11) is 0. The average Bonchev–Trinajstić information content (AvgIpc) is 2.07. The fourth-order valence-electron chi connectivity index (χ4n) is 2.02. The first kappa shape index (κ1) is 6.05. The smallest absolute Gasteiger partial charge is 0.0311 e. The van der Waals surface area contributed by atoms with Gasteiger partial charge in [-0.3, -0.25) is 0 Å². The molecule has 1 aliphatic carbocycles. The summed E-state index contributed by atoms with van der Waals surface area (Å²) < 4.78 is 2.26. The third-order valence-corrected chi connectivity index (χ3v) is 3.47. The maximum atomic E-state index is 4.44. The van der Waals surface area contributed by atoms with Crippen molar-refractivity contribution < 1.29 is 0 Å². The Hall–Kier alpha value is 0.310. The molecule has 0 bridgehead atoms. The van der Waals surface area contributed by atoms with Crippen LogP contribution < -0.4 is 0 Å². The van der Waals surface area contributed by atoms with E-state index in [4.69, 9.17) is 0 Å². The maximum absolute atomic E-state index is 4.44. The average molecular weight is 143 g/mol. The van der Waals surface area contributed by atoms with E-state index in [1.54, 1.807) is 0 Å². The Labute approximate surface area is 62.0 Å². The van der Waals surface area contributed by atoms with Gasteiger partial charge in [-0.25, -0.2) is 4.31 Å². The highest BCUT2D eigenvalue weighted by Crippen LogP contribution is 2.46. The summed E-state index contributed by atoms with van der Waals surface area (Å²) in [6, 6.07) is 0. The second-order valence-corrected chi connectivity index (χ2v) is 3.79. The Morgan fingerprint density at radius 3 is 2.00 bits per heavy atom. The van der Waals surface area contributed by atoms with E-state index in [0.29, 0.717) is 5.54 Å². The minimum absolute atomic E-state index is 0.573. The predicted molar refractivity (Wildman–Crippen MR) is 41.5 cm³/mol. The Kier molecular flexibility index (Phi) is 1.27. The molecule has 0 aromatic rings. The molecule has 0 aromatic heterocycles. The largest absolute Gasteiger partial charge is 0.247 e. The first-order chi connectivity index (χ1) is 4.33. The van der Waals surface area contributed by atoms with Crippen molar-refractivity contribution in [1.29, 1.82) is 0 Å². The molecule has 0 atom stereocenters. The maximum Gasteiger partial charge on any atom is 0.0311 e. The lowest BCUT2D eigenvalue weighted by atomic mass is 9.76. The molecular weight excluding hydrogens is 130 g/mol. The number of hydrogen-bond donors (Lipinski definition) is 1. The molecule has 9 heavy (non-hydrogen) atoms. The van der Waals surface area contributed by atoms with Gasteiger partial charge in [0, 0.05) is 12.1 Å². The standard InChI is InChI=1S/C7H13NS/c9-8-6-2-5-7(8)3-1-4-7/h9H,1-6H2. The molecule has 2 aliphatic rings. The Balaban J connectivity index is 2.09. The molecule has 1 aliphatic heterocycles. The van der Waals surface area contributed by atoms with Crippen LogP contribution in [0.5, 0.6) is 0 Å². The fraction of sp³-hybridized carbons (Fsp3) is 1.00. The van der Waals surface area contributed by atoms with Gasteiger partial charge in [-0.15, -0.1) is 0 Å². The van der Waals surface area contributed by atoms with Gasteiger partial charge < -0.3 is 0 Å². The highest BCUT2D eigenvalue weighted by Gasteiger charge is 2.44. The van der Waals surface area contributed by atoms with Crippen LogP contribution in [0.1, 0.15) is 32.1 Å². The van der Waals surface area contributed by atoms with Gasteiger partial charge in [0.25, 0.3) is 0 Å². The molecule has 1 saturated heterocycles. The van der Waals surface area contributed by atoms with Crippen molar-refractivity contribution in [2.75, 3.05) is 6.54 Å². The second-order valence-electron chi connectivity index (χ2n) is 3.30. The van der Waals surface area contributed by atoms with E-state index in [0.717, 1.165) is 0 Å². The van der Waals surface area contributed by atoms with Crippen LogP contribution in [0, 0.1) is 0 Å². The van der Waals surface area contributed by atoms with Crippen molar-refractivity contribution in [3.8, 4) is 0 Å². The predicted octanol–water partition coefficient (Wildman–Crippen LogP) is 1.85. The van der Waals surface area contributed by atoms with Crippen LogP contribution in [0.15, 0.2) is 0 Å². The van der Waals surface area contributed by atoms with Crippen molar-refractivity contribution >= 4 is 12.8 Å². The molecule has 0 N–H and O–H groups in total. The highest BCUT2D eigenvalue weighted by atomic mass is 32.1. The summed E-state index contributed by atoms with van der Waals surface area (Å²) in [5.41, 5.74) is 0.573. The normalized spacial score (nSPS) is 33.0. The monoisotopic (exact) mass is 143 g/mol. The molecule has 0 radical (unpaired) electrons. The number of hydrogen-bond acceptors (Lipinski definition) is 2. The molecule has 0 unspecified atom stereocenters. The van der Waals surface area contributed by atoms with Gasteiger partial charge in [0.15, 0.2) is 0 Å². The number of nitrogens with zero attached hydrogens (tertiary/aromatic N) is 1. The summed E-state index contributed by atoms with van der Waals surface area (Å²) in [5, 5.41) is 0. The lowest BCUT2D eigenvalue weighted by molar-refractivity contribution is 0.140. The number of rotatable bonds is 0. The zero-order valence-electron chi connectivity index (χ0n) is 5.64.